The second kappa shape index (κ2) is 6.49. The Balaban J connectivity index is 1.87. The zero-order valence-electron chi connectivity index (χ0n) is 11.1. The third-order valence-electron chi connectivity index (χ3n) is 2.91. The average molecular weight is 278 g/mol. The average Bonchev–Trinajstić information content (AvgIpc) is 3.01. The molecule has 0 spiro atoms. The van der Waals surface area contributed by atoms with Gasteiger partial charge in [0.2, 0.25) is 5.91 Å². The zero-order chi connectivity index (χ0) is 13.7. The van der Waals surface area contributed by atoms with Gasteiger partial charge in [-0.1, -0.05) is 0 Å². The minimum Gasteiger partial charge on any atom is -0.353 e. The molecule has 2 rings (SSSR count). The van der Waals surface area contributed by atoms with Gasteiger partial charge in [-0.05, 0) is 42.6 Å². The Morgan fingerprint density at radius 1 is 1.58 bits per heavy atom. The summed E-state index contributed by atoms with van der Waals surface area (Å²) in [6.45, 7) is 0.862. The summed E-state index contributed by atoms with van der Waals surface area (Å²) in [6, 6.07) is 4.10. The fourth-order valence-corrected chi connectivity index (χ4v) is 2.58. The van der Waals surface area contributed by atoms with Gasteiger partial charge >= 0.3 is 0 Å². The third kappa shape index (κ3) is 3.90. The number of aromatic nitrogens is 2. The van der Waals surface area contributed by atoms with Crippen molar-refractivity contribution >= 4 is 17.2 Å². The number of hydrogen-bond donors (Lipinski definition) is 1. The van der Waals surface area contributed by atoms with Gasteiger partial charge in [-0.3, -0.25) is 9.48 Å². The summed E-state index contributed by atoms with van der Waals surface area (Å²) in [6.07, 6.45) is 3.45. The Morgan fingerprint density at radius 2 is 2.42 bits per heavy atom. The number of nitrogens with zero attached hydrogens (tertiary/aromatic N) is 3. The monoisotopic (exact) mass is 278 g/mol. The Morgan fingerprint density at radius 3 is 3.00 bits per heavy atom. The molecule has 1 amide bonds. The highest BCUT2D eigenvalue weighted by Gasteiger charge is 2.15. The van der Waals surface area contributed by atoms with Crippen molar-refractivity contribution in [3.63, 3.8) is 0 Å². The molecule has 0 aromatic carbocycles. The van der Waals surface area contributed by atoms with E-state index in [1.165, 1.54) is 5.56 Å². The second-order valence-corrected chi connectivity index (χ2v) is 5.32. The molecule has 0 radical (unpaired) electrons. The first-order valence-electron chi connectivity index (χ1n) is 6.09. The SMILES string of the molecule is CN(C)[C@H](CNC(=O)Cn1cccn1)c1ccsc1. The first kappa shape index (κ1) is 13.8. The molecule has 0 aliphatic rings. The van der Waals surface area contributed by atoms with E-state index in [2.05, 4.69) is 32.1 Å². The maximum atomic E-state index is 11.8. The zero-order valence-corrected chi connectivity index (χ0v) is 11.9. The van der Waals surface area contributed by atoms with Crippen LogP contribution >= 0.6 is 11.3 Å². The molecule has 1 atom stereocenters. The summed E-state index contributed by atoms with van der Waals surface area (Å²) < 4.78 is 1.62. The van der Waals surface area contributed by atoms with Crippen molar-refractivity contribution in [1.29, 1.82) is 0 Å². The lowest BCUT2D eigenvalue weighted by Gasteiger charge is -2.24. The van der Waals surface area contributed by atoms with Crippen molar-refractivity contribution in [3.8, 4) is 0 Å². The number of nitrogens with one attached hydrogen (secondary N) is 1. The standard InChI is InChI=1S/C13H18N4OS/c1-16(2)12(11-4-7-19-10-11)8-14-13(18)9-17-6-3-5-15-17/h3-7,10,12H,8-9H2,1-2H3,(H,14,18)/t12-/m1/s1. The Labute approximate surface area is 116 Å². The molecule has 1 N–H and O–H groups in total. The number of likely N-dealkylation sites (N-methyl/N-ethyl adjacent to an activating group) is 1. The highest BCUT2D eigenvalue weighted by atomic mass is 32.1. The van der Waals surface area contributed by atoms with Crippen molar-refractivity contribution in [2.45, 2.75) is 12.6 Å². The van der Waals surface area contributed by atoms with Gasteiger partial charge in [-0.2, -0.15) is 16.4 Å². The molecule has 0 aliphatic heterocycles. The highest BCUT2D eigenvalue weighted by Crippen LogP contribution is 2.19. The first-order chi connectivity index (χ1) is 9.16. The molecule has 0 bridgehead atoms. The molecule has 0 unspecified atom stereocenters. The van der Waals surface area contributed by atoms with Crippen LogP contribution in [0.1, 0.15) is 11.6 Å². The van der Waals surface area contributed by atoms with Gasteiger partial charge in [-0.25, -0.2) is 0 Å². The van der Waals surface area contributed by atoms with Crippen LogP contribution in [0.2, 0.25) is 0 Å². The van der Waals surface area contributed by atoms with Crippen molar-refractivity contribution in [1.82, 2.24) is 20.0 Å². The van der Waals surface area contributed by atoms with Gasteiger partial charge in [0.1, 0.15) is 6.54 Å². The molecule has 0 fully saturated rings. The van der Waals surface area contributed by atoms with E-state index in [0.29, 0.717) is 6.54 Å². The molecular formula is C13H18N4OS. The van der Waals surface area contributed by atoms with E-state index < -0.39 is 0 Å². The summed E-state index contributed by atoms with van der Waals surface area (Å²) in [4.78, 5) is 13.9. The number of hydrogen-bond acceptors (Lipinski definition) is 4. The molecular weight excluding hydrogens is 260 g/mol. The molecule has 2 aromatic rings. The normalized spacial score (nSPS) is 12.6. The predicted molar refractivity (Wildman–Crippen MR) is 76.0 cm³/mol. The van der Waals surface area contributed by atoms with E-state index in [0.717, 1.165) is 0 Å². The summed E-state index contributed by atoms with van der Waals surface area (Å²) >= 11 is 1.67. The van der Waals surface area contributed by atoms with Crippen LogP contribution in [0, 0.1) is 0 Å². The second-order valence-electron chi connectivity index (χ2n) is 4.54. The molecule has 19 heavy (non-hydrogen) atoms. The molecule has 6 heteroatoms. The number of carbonyl (C=O) groups is 1. The molecule has 5 nitrogen and oxygen atoms in total. The largest absolute Gasteiger partial charge is 0.353 e. The van der Waals surface area contributed by atoms with E-state index in [9.17, 15) is 4.79 Å². The lowest BCUT2D eigenvalue weighted by molar-refractivity contribution is -0.122. The fraction of sp³-hybridized carbons (Fsp3) is 0.385. The van der Waals surface area contributed by atoms with Gasteiger partial charge in [0.05, 0.1) is 6.04 Å². The lowest BCUT2D eigenvalue weighted by atomic mass is 10.1. The fourth-order valence-electron chi connectivity index (χ4n) is 1.87. The smallest absolute Gasteiger partial charge is 0.241 e. The number of amides is 1. The van der Waals surface area contributed by atoms with Gasteiger partial charge in [0.25, 0.3) is 0 Å². The Bertz CT molecular complexity index is 493. The summed E-state index contributed by atoms with van der Waals surface area (Å²) in [5, 5.41) is 11.1. The summed E-state index contributed by atoms with van der Waals surface area (Å²) in [5.74, 6) is -0.0224. The lowest BCUT2D eigenvalue weighted by Crippen LogP contribution is -2.36. The minimum absolute atomic E-state index is 0.0224. The van der Waals surface area contributed by atoms with E-state index in [1.54, 1.807) is 34.5 Å². The molecule has 102 valence electrons. The maximum Gasteiger partial charge on any atom is 0.241 e. The van der Waals surface area contributed by atoms with Crippen molar-refractivity contribution in [3.05, 3.63) is 40.8 Å². The number of thiophene rings is 1. The highest BCUT2D eigenvalue weighted by molar-refractivity contribution is 7.07. The van der Waals surface area contributed by atoms with Crippen molar-refractivity contribution < 1.29 is 4.79 Å². The Hall–Kier alpha value is -1.66. The van der Waals surface area contributed by atoms with E-state index >= 15 is 0 Å². The van der Waals surface area contributed by atoms with E-state index in [-0.39, 0.29) is 18.5 Å². The molecule has 0 saturated carbocycles. The van der Waals surface area contributed by atoms with Crippen LogP contribution in [0.3, 0.4) is 0 Å². The third-order valence-corrected chi connectivity index (χ3v) is 3.61. The van der Waals surface area contributed by atoms with Gasteiger partial charge < -0.3 is 10.2 Å². The molecule has 2 aromatic heterocycles. The number of carbonyl (C=O) groups excluding carboxylic acids is 1. The van der Waals surface area contributed by atoms with Crippen molar-refractivity contribution in [2.24, 2.45) is 0 Å². The van der Waals surface area contributed by atoms with Crippen LogP contribution in [0.5, 0.6) is 0 Å². The molecule has 0 aliphatic carbocycles. The minimum atomic E-state index is -0.0224. The van der Waals surface area contributed by atoms with Crippen LogP contribution in [0.25, 0.3) is 0 Å². The molecule has 2 heterocycles. The van der Waals surface area contributed by atoms with Crippen LogP contribution in [-0.4, -0.2) is 41.2 Å². The summed E-state index contributed by atoms with van der Waals surface area (Å²) in [7, 11) is 4.03. The van der Waals surface area contributed by atoms with Crippen LogP contribution in [-0.2, 0) is 11.3 Å². The van der Waals surface area contributed by atoms with Gasteiger partial charge in [0, 0.05) is 18.9 Å². The summed E-state index contributed by atoms with van der Waals surface area (Å²) in [5.41, 5.74) is 1.23. The van der Waals surface area contributed by atoms with Crippen LogP contribution < -0.4 is 5.32 Å². The number of rotatable bonds is 6. The van der Waals surface area contributed by atoms with Crippen molar-refractivity contribution in [2.75, 3.05) is 20.6 Å². The van der Waals surface area contributed by atoms with E-state index in [4.69, 9.17) is 0 Å². The molecule has 0 saturated heterocycles. The quantitative estimate of drug-likeness (QED) is 0.868. The van der Waals surface area contributed by atoms with Gasteiger partial charge in [0.15, 0.2) is 0 Å². The van der Waals surface area contributed by atoms with Gasteiger partial charge in [-0.15, -0.1) is 0 Å². The first-order valence-corrected chi connectivity index (χ1v) is 7.03. The topological polar surface area (TPSA) is 50.2 Å². The Kier molecular flexibility index (Phi) is 4.70. The maximum absolute atomic E-state index is 11.8. The van der Waals surface area contributed by atoms with Crippen LogP contribution in [0.15, 0.2) is 35.3 Å². The van der Waals surface area contributed by atoms with Crippen LogP contribution in [0.4, 0.5) is 0 Å². The van der Waals surface area contributed by atoms with E-state index in [1.807, 2.05) is 14.1 Å². The predicted octanol–water partition coefficient (Wildman–Crippen LogP) is 1.36.